The molecule has 0 aromatic carbocycles. The maximum Gasteiger partial charge on any atom is 0.108 e. The van der Waals surface area contributed by atoms with Crippen LogP contribution < -0.4 is 0 Å². The van der Waals surface area contributed by atoms with Crippen molar-refractivity contribution in [3.63, 3.8) is 0 Å². The average Bonchev–Trinajstić information content (AvgIpc) is 2.00. The van der Waals surface area contributed by atoms with Gasteiger partial charge < -0.3 is 20.4 Å². The van der Waals surface area contributed by atoms with Crippen LogP contribution in [0.1, 0.15) is 20.8 Å². The molecule has 0 aliphatic heterocycles. The second kappa shape index (κ2) is 4.77. The van der Waals surface area contributed by atoms with Crippen LogP contribution in [0.3, 0.4) is 0 Å². The molecule has 4 atom stereocenters. The van der Waals surface area contributed by atoms with Gasteiger partial charge >= 0.3 is 0 Å². The first-order chi connectivity index (χ1) is 5.37. The molecule has 4 N–H and O–H groups in total. The third-order valence-corrected chi connectivity index (χ3v) is 1.88. The molecular weight excluding hydrogens is 160 g/mol. The standard InChI is InChI=1S/C8H18O4/c1-4(2)6(10)8(12)7(11)5(3)9/h4-12H,1-3H3. The molecule has 12 heavy (non-hydrogen) atoms. The Morgan fingerprint density at radius 1 is 0.667 bits per heavy atom. The lowest BCUT2D eigenvalue weighted by Gasteiger charge is -2.26. The summed E-state index contributed by atoms with van der Waals surface area (Å²) in [6.45, 7) is 4.81. The molecule has 4 heteroatoms. The average molecular weight is 178 g/mol. The molecule has 0 radical (unpaired) electrons. The van der Waals surface area contributed by atoms with E-state index in [0.717, 1.165) is 0 Å². The zero-order valence-electron chi connectivity index (χ0n) is 7.68. The van der Waals surface area contributed by atoms with Gasteiger partial charge in [-0.1, -0.05) is 13.8 Å². The summed E-state index contributed by atoms with van der Waals surface area (Å²) >= 11 is 0. The summed E-state index contributed by atoms with van der Waals surface area (Å²) in [7, 11) is 0. The van der Waals surface area contributed by atoms with Crippen LogP contribution in [-0.4, -0.2) is 44.8 Å². The monoisotopic (exact) mass is 178 g/mol. The van der Waals surface area contributed by atoms with Gasteiger partial charge in [0.1, 0.15) is 12.2 Å². The minimum atomic E-state index is -1.29. The predicted octanol–water partition coefficient (Wildman–Crippen LogP) is -0.894. The van der Waals surface area contributed by atoms with Crippen molar-refractivity contribution in [2.24, 2.45) is 5.92 Å². The van der Waals surface area contributed by atoms with Crippen LogP contribution in [0.2, 0.25) is 0 Å². The fourth-order valence-electron chi connectivity index (χ4n) is 0.882. The first kappa shape index (κ1) is 11.8. The van der Waals surface area contributed by atoms with E-state index in [4.69, 9.17) is 10.2 Å². The van der Waals surface area contributed by atoms with Crippen LogP contribution in [0.4, 0.5) is 0 Å². The molecular formula is C8H18O4. The van der Waals surface area contributed by atoms with Crippen LogP contribution in [-0.2, 0) is 0 Å². The Balaban J connectivity index is 4.08. The lowest BCUT2D eigenvalue weighted by Crippen LogP contribution is -2.45. The zero-order valence-corrected chi connectivity index (χ0v) is 7.68. The van der Waals surface area contributed by atoms with Gasteiger partial charge in [-0.2, -0.15) is 0 Å². The van der Waals surface area contributed by atoms with Gasteiger partial charge in [-0.25, -0.2) is 0 Å². The molecule has 0 fully saturated rings. The Morgan fingerprint density at radius 2 is 1.08 bits per heavy atom. The summed E-state index contributed by atoms with van der Waals surface area (Å²) in [6, 6.07) is 0. The van der Waals surface area contributed by atoms with Crippen LogP contribution in [0.15, 0.2) is 0 Å². The van der Waals surface area contributed by atoms with Gasteiger partial charge in [-0.05, 0) is 12.8 Å². The lowest BCUT2D eigenvalue weighted by molar-refractivity contribution is -0.111. The van der Waals surface area contributed by atoms with Gasteiger partial charge in [-0.15, -0.1) is 0 Å². The zero-order chi connectivity index (χ0) is 9.89. The van der Waals surface area contributed by atoms with Gasteiger partial charge in [0.25, 0.3) is 0 Å². The third kappa shape index (κ3) is 3.06. The van der Waals surface area contributed by atoms with Crippen molar-refractivity contribution in [1.82, 2.24) is 0 Å². The number of hydrogen-bond acceptors (Lipinski definition) is 4. The van der Waals surface area contributed by atoms with E-state index in [0.29, 0.717) is 0 Å². The maximum absolute atomic E-state index is 9.29. The van der Waals surface area contributed by atoms with Crippen LogP contribution in [0, 0.1) is 5.92 Å². The quantitative estimate of drug-likeness (QED) is 0.450. The molecule has 0 saturated carbocycles. The van der Waals surface area contributed by atoms with E-state index in [9.17, 15) is 10.2 Å². The molecule has 4 nitrogen and oxygen atoms in total. The van der Waals surface area contributed by atoms with Crippen molar-refractivity contribution in [3.8, 4) is 0 Å². The fraction of sp³-hybridized carbons (Fsp3) is 1.00. The highest BCUT2D eigenvalue weighted by Gasteiger charge is 2.29. The van der Waals surface area contributed by atoms with E-state index in [-0.39, 0.29) is 5.92 Å². The Kier molecular flexibility index (Phi) is 4.70. The van der Waals surface area contributed by atoms with E-state index in [1.165, 1.54) is 6.92 Å². The second-order valence-electron chi connectivity index (χ2n) is 3.46. The van der Waals surface area contributed by atoms with E-state index in [1.807, 2.05) is 0 Å². The normalized spacial score (nSPS) is 22.0. The van der Waals surface area contributed by atoms with Gasteiger partial charge in [0, 0.05) is 0 Å². The van der Waals surface area contributed by atoms with E-state index >= 15 is 0 Å². The minimum absolute atomic E-state index is 0.145. The first-order valence-corrected chi connectivity index (χ1v) is 4.10. The van der Waals surface area contributed by atoms with Crippen LogP contribution in [0.5, 0.6) is 0 Å². The van der Waals surface area contributed by atoms with Crippen LogP contribution >= 0.6 is 0 Å². The number of rotatable bonds is 4. The number of aliphatic hydroxyl groups excluding tert-OH is 4. The van der Waals surface area contributed by atoms with Crippen molar-refractivity contribution in [2.45, 2.75) is 45.2 Å². The van der Waals surface area contributed by atoms with E-state index in [1.54, 1.807) is 13.8 Å². The predicted molar refractivity (Wildman–Crippen MR) is 44.5 cm³/mol. The highest BCUT2D eigenvalue weighted by atomic mass is 16.4. The summed E-state index contributed by atoms with van der Waals surface area (Å²) < 4.78 is 0. The van der Waals surface area contributed by atoms with Gasteiger partial charge in [-0.3, -0.25) is 0 Å². The Labute approximate surface area is 72.5 Å². The molecule has 0 saturated heterocycles. The van der Waals surface area contributed by atoms with Gasteiger partial charge in [0.15, 0.2) is 0 Å². The van der Waals surface area contributed by atoms with Gasteiger partial charge in [0.05, 0.1) is 12.2 Å². The minimum Gasteiger partial charge on any atom is -0.391 e. The summed E-state index contributed by atoms with van der Waals surface area (Å²) in [6.07, 6.45) is -4.62. The number of aliphatic hydroxyl groups is 4. The molecule has 74 valence electrons. The molecule has 0 spiro atoms. The number of hydrogen-bond donors (Lipinski definition) is 4. The summed E-state index contributed by atoms with van der Waals surface area (Å²) in [5.41, 5.74) is 0. The van der Waals surface area contributed by atoms with Crippen molar-refractivity contribution >= 4 is 0 Å². The first-order valence-electron chi connectivity index (χ1n) is 4.10. The molecule has 0 aromatic heterocycles. The smallest absolute Gasteiger partial charge is 0.108 e. The highest BCUT2D eigenvalue weighted by Crippen LogP contribution is 2.11. The Bertz CT molecular complexity index is 110. The van der Waals surface area contributed by atoms with Crippen molar-refractivity contribution in [1.29, 1.82) is 0 Å². The molecule has 0 heterocycles. The third-order valence-electron chi connectivity index (χ3n) is 1.88. The molecule has 4 unspecified atom stereocenters. The summed E-state index contributed by atoms with van der Waals surface area (Å²) in [4.78, 5) is 0. The molecule has 0 amide bonds. The van der Waals surface area contributed by atoms with E-state index in [2.05, 4.69) is 0 Å². The topological polar surface area (TPSA) is 80.9 Å². The molecule has 0 aliphatic carbocycles. The van der Waals surface area contributed by atoms with Crippen molar-refractivity contribution in [2.75, 3.05) is 0 Å². The SMILES string of the molecule is CC(C)C(O)C(O)C(O)C(C)O. The van der Waals surface area contributed by atoms with Crippen molar-refractivity contribution in [3.05, 3.63) is 0 Å². The maximum atomic E-state index is 9.29. The van der Waals surface area contributed by atoms with Gasteiger partial charge in [0.2, 0.25) is 0 Å². The summed E-state index contributed by atoms with van der Waals surface area (Å²) in [5, 5.41) is 36.6. The van der Waals surface area contributed by atoms with E-state index < -0.39 is 24.4 Å². The fourth-order valence-corrected chi connectivity index (χ4v) is 0.882. The highest BCUT2D eigenvalue weighted by molar-refractivity contribution is 4.80. The van der Waals surface area contributed by atoms with Crippen molar-refractivity contribution < 1.29 is 20.4 Å². The second-order valence-corrected chi connectivity index (χ2v) is 3.46. The molecule has 0 aromatic rings. The summed E-state index contributed by atoms with van der Waals surface area (Å²) in [5.74, 6) is -0.145. The molecule has 0 aliphatic rings. The van der Waals surface area contributed by atoms with Crippen LogP contribution in [0.25, 0.3) is 0 Å². The Hall–Kier alpha value is -0.160. The largest absolute Gasteiger partial charge is 0.391 e. The molecule has 0 bridgehead atoms. The molecule has 0 rings (SSSR count). The lowest BCUT2D eigenvalue weighted by atomic mass is 9.96. The Morgan fingerprint density at radius 3 is 1.33 bits per heavy atom.